The van der Waals surface area contributed by atoms with Crippen LogP contribution >= 0.6 is 0 Å². The van der Waals surface area contributed by atoms with E-state index in [0.29, 0.717) is 17.4 Å². The van der Waals surface area contributed by atoms with E-state index in [9.17, 15) is 8.42 Å². The zero-order valence-corrected chi connectivity index (χ0v) is 12.8. The Hall–Kier alpha value is -0.870. The van der Waals surface area contributed by atoms with Crippen LogP contribution in [-0.4, -0.2) is 25.3 Å². The van der Waals surface area contributed by atoms with Crippen molar-refractivity contribution in [2.45, 2.75) is 51.0 Å². The molecule has 2 rings (SSSR count). The number of hydrogen-bond donors (Lipinski definition) is 0. The van der Waals surface area contributed by atoms with Crippen molar-refractivity contribution < 1.29 is 8.42 Å². The van der Waals surface area contributed by atoms with E-state index in [2.05, 4.69) is 13.8 Å². The van der Waals surface area contributed by atoms with Gasteiger partial charge in [-0.05, 0) is 37.8 Å². The lowest BCUT2D eigenvalue weighted by atomic mass is 10.1. The van der Waals surface area contributed by atoms with Crippen LogP contribution in [0.5, 0.6) is 0 Å². The predicted molar refractivity (Wildman–Crippen MR) is 77.5 cm³/mol. The molecule has 4 heteroatoms. The van der Waals surface area contributed by atoms with Crippen molar-refractivity contribution in [1.29, 1.82) is 0 Å². The second kappa shape index (κ2) is 5.63. The van der Waals surface area contributed by atoms with E-state index in [-0.39, 0.29) is 6.04 Å². The minimum Gasteiger partial charge on any atom is -0.207 e. The first-order valence-electron chi connectivity index (χ1n) is 7.03. The molecule has 0 amide bonds. The van der Waals surface area contributed by atoms with E-state index in [1.807, 2.05) is 19.1 Å². The van der Waals surface area contributed by atoms with Crippen LogP contribution in [0.3, 0.4) is 0 Å². The number of nitrogens with zero attached hydrogens (tertiary/aromatic N) is 1. The molecule has 1 aliphatic heterocycles. The smallest absolute Gasteiger partial charge is 0.207 e. The number of hydrogen-bond acceptors (Lipinski definition) is 2. The molecule has 0 bridgehead atoms. The third-order valence-electron chi connectivity index (χ3n) is 3.82. The maximum absolute atomic E-state index is 12.7. The molecule has 19 heavy (non-hydrogen) atoms. The second-order valence-corrected chi connectivity index (χ2v) is 7.56. The molecule has 0 N–H and O–H groups in total. The molecule has 3 nitrogen and oxygen atoms in total. The average molecular weight is 281 g/mol. The number of rotatable bonds is 4. The van der Waals surface area contributed by atoms with Crippen molar-refractivity contribution in [3.63, 3.8) is 0 Å². The van der Waals surface area contributed by atoms with Crippen LogP contribution < -0.4 is 0 Å². The Labute approximate surface area is 116 Å². The molecule has 0 spiro atoms. The summed E-state index contributed by atoms with van der Waals surface area (Å²) in [5.74, 6) is 0.455. The fourth-order valence-electron chi connectivity index (χ4n) is 2.85. The summed E-state index contributed by atoms with van der Waals surface area (Å²) < 4.78 is 27.1. The quantitative estimate of drug-likeness (QED) is 0.850. The van der Waals surface area contributed by atoms with Crippen molar-refractivity contribution in [3.8, 4) is 0 Å². The summed E-state index contributed by atoms with van der Waals surface area (Å²) in [6.07, 6.45) is 2.96. The molecule has 1 fully saturated rings. The fourth-order valence-corrected chi connectivity index (χ4v) is 4.63. The molecule has 2 atom stereocenters. The van der Waals surface area contributed by atoms with Gasteiger partial charge in [0.1, 0.15) is 0 Å². The lowest BCUT2D eigenvalue weighted by Gasteiger charge is -2.23. The molecule has 1 aromatic carbocycles. The third kappa shape index (κ3) is 3.00. The van der Waals surface area contributed by atoms with Gasteiger partial charge in [0.15, 0.2) is 0 Å². The van der Waals surface area contributed by atoms with Crippen LogP contribution in [0.15, 0.2) is 29.2 Å². The Morgan fingerprint density at radius 2 is 1.89 bits per heavy atom. The highest BCUT2D eigenvalue weighted by Gasteiger charge is 2.37. The first-order valence-corrected chi connectivity index (χ1v) is 8.47. The number of aryl methyl sites for hydroxylation is 1. The summed E-state index contributed by atoms with van der Waals surface area (Å²) in [5.41, 5.74) is 1.08. The first kappa shape index (κ1) is 14.5. The lowest BCUT2D eigenvalue weighted by Crippen LogP contribution is -2.35. The van der Waals surface area contributed by atoms with Gasteiger partial charge in [-0.1, -0.05) is 38.0 Å². The summed E-state index contributed by atoms with van der Waals surface area (Å²) in [6.45, 7) is 6.86. The molecule has 1 aliphatic rings. The van der Waals surface area contributed by atoms with Crippen molar-refractivity contribution in [1.82, 2.24) is 4.31 Å². The summed E-state index contributed by atoms with van der Waals surface area (Å²) in [5, 5.41) is 0. The van der Waals surface area contributed by atoms with Gasteiger partial charge in [0, 0.05) is 12.6 Å². The van der Waals surface area contributed by atoms with Gasteiger partial charge >= 0.3 is 0 Å². The standard InChI is InChI=1S/C15H23NO2S/c1-4-5-14-10-13(3)11-16(14)19(17,18)15-8-6-12(2)7-9-15/h6-9,13-14H,4-5,10-11H2,1-3H3. The van der Waals surface area contributed by atoms with E-state index in [4.69, 9.17) is 0 Å². The first-order chi connectivity index (χ1) is 8.95. The van der Waals surface area contributed by atoms with Crippen molar-refractivity contribution >= 4 is 10.0 Å². The van der Waals surface area contributed by atoms with Crippen LogP contribution in [0, 0.1) is 12.8 Å². The van der Waals surface area contributed by atoms with Crippen LogP contribution in [0.1, 0.15) is 38.7 Å². The van der Waals surface area contributed by atoms with Crippen LogP contribution in [-0.2, 0) is 10.0 Å². The molecule has 1 heterocycles. The largest absolute Gasteiger partial charge is 0.243 e. The van der Waals surface area contributed by atoms with Crippen LogP contribution in [0.25, 0.3) is 0 Å². The highest BCUT2D eigenvalue weighted by Crippen LogP contribution is 2.31. The Balaban J connectivity index is 2.30. The lowest BCUT2D eigenvalue weighted by molar-refractivity contribution is 0.367. The Kier molecular flexibility index (Phi) is 4.31. The van der Waals surface area contributed by atoms with E-state index < -0.39 is 10.0 Å². The SMILES string of the molecule is CCCC1CC(C)CN1S(=O)(=O)c1ccc(C)cc1. The molecule has 2 unspecified atom stereocenters. The molecular formula is C15H23NO2S. The minimum atomic E-state index is -3.33. The third-order valence-corrected chi connectivity index (χ3v) is 5.76. The molecular weight excluding hydrogens is 258 g/mol. The molecule has 0 radical (unpaired) electrons. The Morgan fingerprint density at radius 3 is 2.47 bits per heavy atom. The van der Waals surface area contributed by atoms with Crippen molar-refractivity contribution in [2.24, 2.45) is 5.92 Å². The summed E-state index contributed by atoms with van der Waals surface area (Å²) in [7, 11) is -3.33. The Morgan fingerprint density at radius 1 is 1.26 bits per heavy atom. The van der Waals surface area contributed by atoms with Gasteiger partial charge in [-0.25, -0.2) is 8.42 Å². The second-order valence-electron chi connectivity index (χ2n) is 5.67. The van der Waals surface area contributed by atoms with E-state index in [1.165, 1.54) is 0 Å². The number of sulfonamides is 1. The van der Waals surface area contributed by atoms with Crippen LogP contribution in [0.2, 0.25) is 0 Å². The van der Waals surface area contributed by atoms with Gasteiger partial charge in [0.2, 0.25) is 10.0 Å². The van der Waals surface area contributed by atoms with Gasteiger partial charge in [0.25, 0.3) is 0 Å². The van der Waals surface area contributed by atoms with E-state index in [1.54, 1.807) is 16.4 Å². The van der Waals surface area contributed by atoms with Crippen molar-refractivity contribution in [3.05, 3.63) is 29.8 Å². The zero-order valence-electron chi connectivity index (χ0n) is 12.0. The van der Waals surface area contributed by atoms with Gasteiger partial charge in [0.05, 0.1) is 4.90 Å². The average Bonchev–Trinajstić information content (AvgIpc) is 2.72. The molecule has 0 aliphatic carbocycles. The van der Waals surface area contributed by atoms with Crippen LogP contribution in [0.4, 0.5) is 0 Å². The normalized spacial score (nSPS) is 24.8. The van der Waals surface area contributed by atoms with Gasteiger partial charge in [-0.15, -0.1) is 0 Å². The molecule has 0 saturated carbocycles. The van der Waals surface area contributed by atoms with E-state index >= 15 is 0 Å². The molecule has 0 aromatic heterocycles. The maximum atomic E-state index is 12.7. The topological polar surface area (TPSA) is 37.4 Å². The monoisotopic (exact) mass is 281 g/mol. The Bertz CT molecular complexity index is 522. The number of benzene rings is 1. The maximum Gasteiger partial charge on any atom is 0.243 e. The van der Waals surface area contributed by atoms with E-state index in [0.717, 1.165) is 24.8 Å². The minimum absolute atomic E-state index is 0.173. The molecule has 106 valence electrons. The van der Waals surface area contributed by atoms with Gasteiger partial charge in [-0.2, -0.15) is 4.31 Å². The molecule has 1 aromatic rings. The van der Waals surface area contributed by atoms with Gasteiger partial charge < -0.3 is 0 Å². The van der Waals surface area contributed by atoms with Crippen molar-refractivity contribution in [2.75, 3.05) is 6.54 Å². The predicted octanol–water partition coefficient (Wildman–Crippen LogP) is 3.19. The summed E-state index contributed by atoms with van der Waals surface area (Å²) in [4.78, 5) is 0.424. The highest BCUT2D eigenvalue weighted by atomic mass is 32.2. The summed E-state index contributed by atoms with van der Waals surface area (Å²) in [6, 6.07) is 7.33. The van der Waals surface area contributed by atoms with Gasteiger partial charge in [-0.3, -0.25) is 0 Å². The highest BCUT2D eigenvalue weighted by molar-refractivity contribution is 7.89. The molecule has 1 saturated heterocycles. The zero-order chi connectivity index (χ0) is 14.0. The summed E-state index contributed by atoms with van der Waals surface area (Å²) >= 11 is 0. The fraction of sp³-hybridized carbons (Fsp3) is 0.600.